The summed E-state index contributed by atoms with van der Waals surface area (Å²) in [5.74, 6) is -1.48. The maximum Gasteiger partial charge on any atom is 0.305 e. The van der Waals surface area contributed by atoms with E-state index in [0.29, 0.717) is 28.6 Å². The van der Waals surface area contributed by atoms with Gasteiger partial charge in [-0.15, -0.1) is 0 Å². The quantitative estimate of drug-likeness (QED) is 0.322. The first kappa shape index (κ1) is 24.9. The molecule has 4 N–H and O–H groups in total. The summed E-state index contributed by atoms with van der Waals surface area (Å²) in [6, 6.07) is 13.4. The highest BCUT2D eigenvalue weighted by molar-refractivity contribution is 7.80. The minimum absolute atomic E-state index is 0.0272. The Labute approximate surface area is 212 Å². The molecule has 1 aliphatic heterocycles. The summed E-state index contributed by atoms with van der Waals surface area (Å²) >= 11 is 5.33. The predicted octanol–water partition coefficient (Wildman–Crippen LogP) is 2.85. The number of hydrogen-bond acceptors (Lipinski definition) is 6. The molecule has 1 aromatic carbocycles. The lowest BCUT2D eigenvalue weighted by atomic mass is 10.0. The zero-order valence-electron chi connectivity index (χ0n) is 19.2. The van der Waals surface area contributed by atoms with Gasteiger partial charge in [-0.1, -0.05) is 12.1 Å². The third kappa shape index (κ3) is 6.45. The Morgan fingerprint density at radius 3 is 2.81 bits per heavy atom. The normalized spacial score (nSPS) is 15.8. The van der Waals surface area contributed by atoms with Crippen LogP contribution in [0.15, 0.2) is 71.6 Å². The number of hydrogen-bond donors (Lipinski definition) is 4. The van der Waals surface area contributed by atoms with Gasteiger partial charge < -0.3 is 30.4 Å². The van der Waals surface area contributed by atoms with Crippen LogP contribution in [-0.2, 0) is 20.9 Å². The average molecular weight is 508 g/mol. The highest BCUT2D eigenvalue weighted by Gasteiger charge is 2.36. The number of anilines is 2. The third-order valence-corrected chi connectivity index (χ3v) is 5.94. The van der Waals surface area contributed by atoms with Gasteiger partial charge in [0.25, 0.3) is 0 Å². The molecule has 2 atom stereocenters. The van der Waals surface area contributed by atoms with Crippen molar-refractivity contribution in [3.63, 3.8) is 0 Å². The summed E-state index contributed by atoms with van der Waals surface area (Å²) in [5, 5.41) is 18.6. The van der Waals surface area contributed by atoms with E-state index in [1.165, 1.54) is 6.20 Å². The predicted molar refractivity (Wildman–Crippen MR) is 136 cm³/mol. The van der Waals surface area contributed by atoms with Crippen molar-refractivity contribution in [2.45, 2.75) is 25.4 Å². The number of amides is 2. The molecule has 0 bridgehead atoms. The average Bonchev–Trinajstić information content (AvgIpc) is 3.52. The summed E-state index contributed by atoms with van der Waals surface area (Å²) < 4.78 is 5.27. The van der Waals surface area contributed by atoms with Crippen LogP contribution in [0, 0.1) is 5.92 Å². The van der Waals surface area contributed by atoms with Crippen LogP contribution in [-0.4, -0.2) is 39.5 Å². The SMILES string of the molecule is O=C(O)CC(NC(=O)C1CC(=O)N(c2cccc(NC(=S)NCc3ccco3)c2)C1)c1cccnc1. The van der Waals surface area contributed by atoms with Gasteiger partial charge in [0.15, 0.2) is 5.11 Å². The van der Waals surface area contributed by atoms with Gasteiger partial charge in [-0.2, -0.15) is 0 Å². The van der Waals surface area contributed by atoms with E-state index >= 15 is 0 Å². The number of thiocarbonyl (C=S) groups is 1. The second-order valence-electron chi connectivity index (χ2n) is 8.29. The van der Waals surface area contributed by atoms with Crippen molar-refractivity contribution < 1.29 is 23.9 Å². The second kappa shape index (κ2) is 11.5. The minimum Gasteiger partial charge on any atom is -0.481 e. The number of nitrogens with one attached hydrogen (secondary N) is 3. The first-order valence-corrected chi connectivity index (χ1v) is 11.7. The van der Waals surface area contributed by atoms with Gasteiger partial charge in [-0.3, -0.25) is 19.4 Å². The van der Waals surface area contributed by atoms with E-state index in [9.17, 15) is 19.5 Å². The molecule has 11 heteroatoms. The van der Waals surface area contributed by atoms with Crippen LogP contribution in [0.3, 0.4) is 0 Å². The Kier molecular flexibility index (Phi) is 7.91. The van der Waals surface area contributed by atoms with Gasteiger partial charge in [0.2, 0.25) is 11.8 Å². The number of carboxylic acid groups (broad SMARTS) is 1. The molecule has 1 aliphatic rings. The monoisotopic (exact) mass is 507 g/mol. The van der Waals surface area contributed by atoms with Crippen molar-refractivity contribution in [3.8, 4) is 0 Å². The number of benzene rings is 1. The van der Waals surface area contributed by atoms with Gasteiger partial charge in [-0.05, 0) is 54.2 Å². The molecule has 4 rings (SSSR count). The van der Waals surface area contributed by atoms with Gasteiger partial charge in [-0.25, -0.2) is 0 Å². The fraction of sp³-hybridized carbons (Fsp3) is 0.240. The molecule has 3 aromatic rings. The summed E-state index contributed by atoms with van der Waals surface area (Å²) in [6.07, 6.45) is 4.42. The fourth-order valence-corrected chi connectivity index (χ4v) is 4.13. The number of nitrogens with zero attached hydrogens (tertiary/aromatic N) is 2. The second-order valence-corrected chi connectivity index (χ2v) is 8.70. The fourth-order valence-electron chi connectivity index (χ4n) is 3.94. The van der Waals surface area contributed by atoms with Gasteiger partial charge in [0.1, 0.15) is 5.76 Å². The van der Waals surface area contributed by atoms with Crippen LogP contribution in [0.2, 0.25) is 0 Å². The Bertz CT molecular complexity index is 1230. The van der Waals surface area contributed by atoms with Crippen molar-refractivity contribution in [1.82, 2.24) is 15.6 Å². The zero-order chi connectivity index (χ0) is 25.5. The maximum absolute atomic E-state index is 13.0. The number of carbonyl (C=O) groups excluding carboxylic acids is 2. The molecule has 0 radical (unpaired) electrons. The summed E-state index contributed by atoms with van der Waals surface area (Å²) in [6.45, 7) is 0.615. The van der Waals surface area contributed by atoms with E-state index in [-0.39, 0.29) is 31.2 Å². The number of rotatable bonds is 9. The molecular weight excluding hydrogens is 482 g/mol. The summed E-state index contributed by atoms with van der Waals surface area (Å²) in [7, 11) is 0. The molecule has 10 nitrogen and oxygen atoms in total. The lowest BCUT2D eigenvalue weighted by Crippen LogP contribution is -2.36. The molecule has 0 aliphatic carbocycles. The van der Waals surface area contributed by atoms with E-state index in [2.05, 4.69) is 20.9 Å². The lowest BCUT2D eigenvalue weighted by molar-refractivity contribution is -0.138. The standard InChI is InChI=1S/C25H25N5O5S/c31-22-10-17(24(34)29-21(12-23(32)33)16-4-2-8-26-13-16)15-30(22)19-6-1-5-18(11-19)28-25(36)27-14-20-7-3-9-35-20/h1-9,11,13,17,21H,10,12,14-15H2,(H,29,34)(H,32,33)(H2,27,28,36). The van der Waals surface area contributed by atoms with E-state index in [1.54, 1.807) is 53.8 Å². The first-order chi connectivity index (χ1) is 17.4. The molecule has 2 unspecified atom stereocenters. The molecule has 186 valence electrons. The third-order valence-electron chi connectivity index (χ3n) is 5.70. The maximum atomic E-state index is 13.0. The number of carbonyl (C=O) groups is 3. The van der Waals surface area contributed by atoms with Crippen molar-refractivity contribution in [2.24, 2.45) is 5.92 Å². The molecule has 2 aromatic heterocycles. The first-order valence-electron chi connectivity index (χ1n) is 11.3. The lowest BCUT2D eigenvalue weighted by Gasteiger charge is -2.20. The van der Waals surface area contributed by atoms with Crippen molar-refractivity contribution in [3.05, 3.63) is 78.5 Å². The Morgan fingerprint density at radius 1 is 1.22 bits per heavy atom. The summed E-state index contributed by atoms with van der Waals surface area (Å²) in [5.41, 5.74) is 1.90. The van der Waals surface area contributed by atoms with Crippen molar-refractivity contribution in [1.29, 1.82) is 0 Å². The Balaban J connectivity index is 1.37. The summed E-state index contributed by atoms with van der Waals surface area (Å²) in [4.78, 5) is 42.6. The number of carboxylic acids is 1. The molecule has 0 spiro atoms. The Hall–Kier alpha value is -4.25. The zero-order valence-corrected chi connectivity index (χ0v) is 20.0. The molecule has 1 saturated heterocycles. The largest absolute Gasteiger partial charge is 0.481 e. The van der Waals surface area contributed by atoms with E-state index in [1.807, 2.05) is 12.1 Å². The molecule has 3 heterocycles. The van der Waals surface area contributed by atoms with Gasteiger partial charge >= 0.3 is 5.97 Å². The van der Waals surface area contributed by atoms with Crippen molar-refractivity contribution >= 4 is 46.5 Å². The number of aliphatic carboxylic acids is 1. The van der Waals surface area contributed by atoms with Gasteiger partial charge in [0.05, 0.1) is 31.2 Å². The minimum atomic E-state index is -1.05. The number of furan rings is 1. The van der Waals surface area contributed by atoms with Crippen LogP contribution >= 0.6 is 12.2 Å². The highest BCUT2D eigenvalue weighted by atomic mass is 32.1. The van der Waals surface area contributed by atoms with Crippen LogP contribution in [0.1, 0.15) is 30.2 Å². The Morgan fingerprint density at radius 2 is 2.08 bits per heavy atom. The van der Waals surface area contributed by atoms with Gasteiger partial charge in [0, 0.05) is 36.7 Å². The van der Waals surface area contributed by atoms with Crippen LogP contribution in [0.4, 0.5) is 11.4 Å². The molecule has 0 saturated carbocycles. The van der Waals surface area contributed by atoms with Crippen LogP contribution in [0.5, 0.6) is 0 Å². The van der Waals surface area contributed by atoms with E-state index in [4.69, 9.17) is 16.6 Å². The number of aromatic nitrogens is 1. The highest BCUT2D eigenvalue weighted by Crippen LogP contribution is 2.28. The van der Waals surface area contributed by atoms with Crippen molar-refractivity contribution in [2.75, 3.05) is 16.8 Å². The van der Waals surface area contributed by atoms with E-state index in [0.717, 1.165) is 5.76 Å². The molecule has 2 amide bonds. The van der Waals surface area contributed by atoms with E-state index < -0.39 is 17.9 Å². The molecule has 36 heavy (non-hydrogen) atoms. The number of pyridine rings is 1. The smallest absolute Gasteiger partial charge is 0.305 e. The van der Waals surface area contributed by atoms with Crippen LogP contribution in [0.25, 0.3) is 0 Å². The molecular formula is C25H25N5O5S. The van der Waals surface area contributed by atoms with Crippen LogP contribution < -0.4 is 20.9 Å². The molecule has 1 fully saturated rings. The topological polar surface area (TPSA) is 137 Å².